The number of H-pyrrole nitrogens is 1. The maximum Gasteiger partial charge on any atom is 0.244 e. The van der Waals surface area contributed by atoms with Gasteiger partial charge in [-0.1, -0.05) is 0 Å². The molecule has 2 aromatic rings. The van der Waals surface area contributed by atoms with Crippen LogP contribution in [0, 0.1) is 6.92 Å². The van der Waals surface area contributed by atoms with E-state index in [-0.39, 0.29) is 18.0 Å². The summed E-state index contributed by atoms with van der Waals surface area (Å²) in [5.41, 5.74) is 6.99. The van der Waals surface area contributed by atoms with Crippen LogP contribution < -0.4 is 5.73 Å². The molecule has 0 atom stereocenters. The molecular formula is C12H17N3O3S. The maximum atomic E-state index is 12.3. The van der Waals surface area contributed by atoms with Crippen molar-refractivity contribution in [2.75, 3.05) is 7.05 Å². The molecule has 7 heteroatoms. The first-order chi connectivity index (χ1) is 8.95. The van der Waals surface area contributed by atoms with E-state index in [1.807, 2.05) is 0 Å². The third-order valence-electron chi connectivity index (χ3n) is 3.00. The highest BCUT2D eigenvalue weighted by atomic mass is 32.2. The van der Waals surface area contributed by atoms with Crippen molar-refractivity contribution in [1.82, 2.24) is 9.29 Å². The molecule has 2 aromatic heterocycles. The molecule has 6 nitrogen and oxygen atoms in total. The minimum Gasteiger partial charge on any atom is -0.469 e. The van der Waals surface area contributed by atoms with Crippen molar-refractivity contribution in [1.29, 1.82) is 0 Å². The van der Waals surface area contributed by atoms with Crippen LogP contribution in [0.15, 0.2) is 33.9 Å². The predicted octanol–water partition coefficient (Wildman–Crippen LogP) is 1.20. The highest BCUT2D eigenvalue weighted by molar-refractivity contribution is 7.89. The van der Waals surface area contributed by atoms with Crippen LogP contribution in [0.2, 0.25) is 0 Å². The normalized spacial score (nSPS) is 12.2. The molecular weight excluding hydrogens is 266 g/mol. The topological polar surface area (TPSA) is 92.3 Å². The molecule has 0 bridgehead atoms. The lowest BCUT2D eigenvalue weighted by molar-refractivity contribution is 0.459. The number of aryl methyl sites for hydroxylation is 1. The Morgan fingerprint density at radius 2 is 2.21 bits per heavy atom. The zero-order chi connectivity index (χ0) is 14.0. The van der Waals surface area contributed by atoms with E-state index >= 15 is 0 Å². The van der Waals surface area contributed by atoms with E-state index in [9.17, 15) is 8.42 Å². The van der Waals surface area contributed by atoms with Gasteiger partial charge in [-0.2, -0.15) is 4.31 Å². The van der Waals surface area contributed by atoms with Crippen LogP contribution in [0.4, 0.5) is 0 Å². The molecule has 0 aliphatic heterocycles. The first-order valence-corrected chi connectivity index (χ1v) is 7.26. The van der Waals surface area contributed by atoms with Crippen molar-refractivity contribution in [3.8, 4) is 0 Å². The van der Waals surface area contributed by atoms with Crippen molar-refractivity contribution in [2.45, 2.75) is 24.9 Å². The first kappa shape index (κ1) is 13.9. The Labute approximate surface area is 112 Å². The van der Waals surface area contributed by atoms with Crippen LogP contribution in [0.25, 0.3) is 0 Å². The van der Waals surface area contributed by atoms with E-state index in [4.69, 9.17) is 10.2 Å². The quantitative estimate of drug-likeness (QED) is 0.862. The average molecular weight is 283 g/mol. The lowest BCUT2D eigenvalue weighted by Gasteiger charge is -2.15. The molecule has 2 heterocycles. The Kier molecular flexibility index (Phi) is 3.79. The number of aromatic nitrogens is 1. The number of nitrogens with two attached hydrogens (primary N) is 1. The summed E-state index contributed by atoms with van der Waals surface area (Å²) in [4.78, 5) is 3.06. The minimum absolute atomic E-state index is 0.219. The number of rotatable bonds is 5. The number of nitrogens with one attached hydrogen (secondary N) is 1. The van der Waals surface area contributed by atoms with Gasteiger partial charge in [-0.15, -0.1) is 0 Å². The molecule has 2 rings (SSSR count). The van der Waals surface area contributed by atoms with Crippen molar-refractivity contribution in [2.24, 2.45) is 5.73 Å². The van der Waals surface area contributed by atoms with Gasteiger partial charge in [0.2, 0.25) is 10.0 Å². The lowest BCUT2D eigenvalue weighted by Crippen LogP contribution is -2.26. The van der Waals surface area contributed by atoms with E-state index in [2.05, 4.69) is 4.98 Å². The van der Waals surface area contributed by atoms with Gasteiger partial charge in [0.25, 0.3) is 0 Å². The van der Waals surface area contributed by atoms with Gasteiger partial charge in [-0.3, -0.25) is 0 Å². The van der Waals surface area contributed by atoms with Crippen LogP contribution in [0.1, 0.15) is 17.0 Å². The third-order valence-corrected chi connectivity index (χ3v) is 4.78. The van der Waals surface area contributed by atoms with Gasteiger partial charge < -0.3 is 15.1 Å². The predicted molar refractivity (Wildman–Crippen MR) is 70.8 cm³/mol. The average Bonchev–Trinajstić information content (AvgIpc) is 2.99. The standard InChI is InChI=1S/C12H17N3O3S/c1-9-10(3-4-18-9)8-15(2)19(16,17)12-5-11(6-13)14-7-12/h3-5,7,14H,6,8,13H2,1-2H3. The molecule has 0 unspecified atom stereocenters. The molecule has 0 aliphatic rings. The molecule has 0 aromatic carbocycles. The smallest absolute Gasteiger partial charge is 0.244 e. The molecule has 0 saturated heterocycles. The minimum atomic E-state index is -3.52. The lowest BCUT2D eigenvalue weighted by atomic mass is 10.3. The highest BCUT2D eigenvalue weighted by Crippen LogP contribution is 2.19. The van der Waals surface area contributed by atoms with E-state index in [1.54, 1.807) is 25.3 Å². The molecule has 3 N–H and O–H groups in total. The third kappa shape index (κ3) is 2.73. The Morgan fingerprint density at radius 3 is 2.74 bits per heavy atom. The number of sulfonamides is 1. The molecule has 0 amide bonds. The van der Waals surface area contributed by atoms with Crippen molar-refractivity contribution in [3.63, 3.8) is 0 Å². The van der Waals surface area contributed by atoms with Gasteiger partial charge in [-0.05, 0) is 19.1 Å². The summed E-state index contributed by atoms with van der Waals surface area (Å²) in [7, 11) is -1.98. The van der Waals surface area contributed by atoms with Crippen LogP contribution in [-0.4, -0.2) is 24.8 Å². The molecule has 19 heavy (non-hydrogen) atoms. The largest absolute Gasteiger partial charge is 0.469 e. The van der Waals surface area contributed by atoms with Gasteiger partial charge in [0.05, 0.1) is 11.2 Å². The van der Waals surface area contributed by atoms with Crippen LogP contribution in [0.3, 0.4) is 0 Å². The second-order valence-electron chi connectivity index (χ2n) is 4.33. The molecule has 0 spiro atoms. The fourth-order valence-electron chi connectivity index (χ4n) is 1.77. The summed E-state index contributed by atoms with van der Waals surface area (Å²) < 4.78 is 31.1. The Balaban J connectivity index is 2.22. The second-order valence-corrected chi connectivity index (χ2v) is 6.37. The number of aromatic amines is 1. The number of hydrogen-bond donors (Lipinski definition) is 2. The summed E-state index contributed by atoms with van der Waals surface area (Å²) in [5, 5.41) is 0. The fraction of sp³-hybridized carbons (Fsp3) is 0.333. The van der Waals surface area contributed by atoms with Crippen LogP contribution in [0.5, 0.6) is 0 Å². The fourth-order valence-corrected chi connectivity index (χ4v) is 2.93. The molecule has 104 valence electrons. The highest BCUT2D eigenvalue weighted by Gasteiger charge is 2.23. The summed E-state index contributed by atoms with van der Waals surface area (Å²) in [6, 6.07) is 3.32. The molecule has 0 saturated carbocycles. The van der Waals surface area contributed by atoms with E-state index in [0.29, 0.717) is 5.69 Å². The molecule has 0 radical (unpaired) electrons. The number of hydrogen-bond acceptors (Lipinski definition) is 4. The first-order valence-electron chi connectivity index (χ1n) is 5.82. The van der Waals surface area contributed by atoms with Gasteiger partial charge in [-0.25, -0.2) is 8.42 Å². The van der Waals surface area contributed by atoms with E-state index < -0.39 is 10.0 Å². The van der Waals surface area contributed by atoms with E-state index in [1.165, 1.54) is 17.5 Å². The van der Waals surface area contributed by atoms with Crippen LogP contribution >= 0.6 is 0 Å². The van der Waals surface area contributed by atoms with Crippen molar-refractivity contribution >= 4 is 10.0 Å². The Bertz CT molecular complexity index is 657. The second kappa shape index (κ2) is 5.20. The zero-order valence-corrected chi connectivity index (χ0v) is 11.7. The van der Waals surface area contributed by atoms with E-state index in [0.717, 1.165) is 11.3 Å². The monoisotopic (exact) mass is 283 g/mol. The number of furan rings is 1. The summed E-state index contributed by atoms with van der Waals surface area (Å²) in [6.45, 7) is 2.35. The zero-order valence-electron chi connectivity index (χ0n) is 10.9. The van der Waals surface area contributed by atoms with Crippen molar-refractivity contribution < 1.29 is 12.8 Å². The van der Waals surface area contributed by atoms with Gasteiger partial charge in [0, 0.05) is 37.6 Å². The summed E-state index contributed by atoms with van der Waals surface area (Å²) in [6.07, 6.45) is 3.00. The SMILES string of the molecule is Cc1occc1CN(C)S(=O)(=O)c1c[nH]c(CN)c1. The van der Waals surface area contributed by atoms with Gasteiger partial charge in [0.15, 0.2) is 0 Å². The van der Waals surface area contributed by atoms with Crippen LogP contribution in [-0.2, 0) is 23.1 Å². The molecule has 0 fully saturated rings. The Hall–Kier alpha value is -1.57. The molecule has 0 aliphatic carbocycles. The summed E-state index contributed by atoms with van der Waals surface area (Å²) in [5.74, 6) is 0.721. The van der Waals surface area contributed by atoms with Gasteiger partial charge >= 0.3 is 0 Å². The Morgan fingerprint density at radius 1 is 1.47 bits per heavy atom. The maximum absolute atomic E-state index is 12.3. The summed E-state index contributed by atoms with van der Waals surface area (Å²) >= 11 is 0. The number of nitrogens with zero attached hydrogens (tertiary/aromatic N) is 1. The van der Waals surface area contributed by atoms with Crippen molar-refractivity contribution in [3.05, 3.63) is 41.6 Å². The van der Waals surface area contributed by atoms with Gasteiger partial charge in [0.1, 0.15) is 5.76 Å².